The normalized spacial score (nSPS) is 30.9. The molecule has 1 unspecified atom stereocenters. The van der Waals surface area contributed by atoms with Crippen molar-refractivity contribution in [2.45, 2.75) is 58.0 Å². The molecule has 0 radical (unpaired) electrons. The van der Waals surface area contributed by atoms with Crippen LogP contribution in [0.4, 0.5) is 0 Å². The molecule has 2 N–H and O–H groups in total. The fraction of sp³-hybridized carbons (Fsp3) is 0.857. The first-order valence-corrected chi connectivity index (χ1v) is 7.20. The van der Waals surface area contributed by atoms with E-state index in [1.807, 2.05) is 0 Å². The Morgan fingerprint density at radius 3 is 2.63 bits per heavy atom. The Balaban J connectivity index is 2.14. The van der Waals surface area contributed by atoms with Crippen molar-refractivity contribution < 1.29 is 14.7 Å². The number of rotatable bonds is 2. The van der Waals surface area contributed by atoms with E-state index in [-0.39, 0.29) is 17.4 Å². The summed E-state index contributed by atoms with van der Waals surface area (Å²) in [5.41, 5.74) is -0.101. The molecule has 108 valence electrons. The minimum absolute atomic E-state index is 0.0307. The molecule has 2 aliphatic rings. The third-order valence-electron chi connectivity index (χ3n) is 4.45. The van der Waals surface area contributed by atoms with Gasteiger partial charge in [-0.05, 0) is 44.1 Å². The van der Waals surface area contributed by atoms with Crippen LogP contribution in [0.25, 0.3) is 0 Å². The number of hydrogen-bond acceptors (Lipinski definition) is 3. The van der Waals surface area contributed by atoms with Crippen LogP contribution in [0.3, 0.4) is 0 Å². The van der Waals surface area contributed by atoms with E-state index in [0.29, 0.717) is 13.0 Å². The number of carbonyl (C=O) groups excluding carboxylic acids is 1. The Morgan fingerprint density at radius 2 is 2.00 bits per heavy atom. The second kappa shape index (κ2) is 5.49. The Kier molecular flexibility index (Phi) is 4.13. The van der Waals surface area contributed by atoms with Crippen LogP contribution in [0.1, 0.15) is 46.0 Å². The van der Waals surface area contributed by atoms with Gasteiger partial charge in [-0.25, -0.2) is 4.79 Å². The zero-order valence-corrected chi connectivity index (χ0v) is 11.8. The van der Waals surface area contributed by atoms with Crippen molar-refractivity contribution in [1.29, 1.82) is 0 Å². The molecule has 19 heavy (non-hydrogen) atoms. The molecule has 5 heteroatoms. The maximum Gasteiger partial charge on any atom is 0.326 e. The summed E-state index contributed by atoms with van der Waals surface area (Å²) in [7, 11) is 0. The van der Waals surface area contributed by atoms with E-state index >= 15 is 0 Å². The zero-order valence-electron chi connectivity index (χ0n) is 11.8. The predicted octanol–water partition coefficient (Wildman–Crippen LogP) is 1.23. The molecule has 2 fully saturated rings. The molecule has 2 saturated heterocycles. The van der Waals surface area contributed by atoms with Crippen molar-refractivity contribution in [3.8, 4) is 0 Å². The minimum atomic E-state index is -0.873. The number of carbonyl (C=O) groups is 2. The van der Waals surface area contributed by atoms with Gasteiger partial charge in [0.1, 0.15) is 6.04 Å². The van der Waals surface area contributed by atoms with E-state index in [0.717, 1.165) is 32.2 Å². The van der Waals surface area contributed by atoms with Gasteiger partial charge in [0.15, 0.2) is 0 Å². The summed E-state index contributed by atoms with van der Waals surface area (Å²) in [6, 6.07) is -0.887. The number of aliphatic carboxylic acids is 1. The fourth-order valence-electron chi connectivity index (χ4n) is 3.25. The monoisotopic (exact) mass is 268 g/mol. The van der Waals surface area contributed by atoms with Crippen LogP contribution in [0.15, 0.2) is 0 Å². The Morgan fingerprint density at radius 1 is 1.26 bits per heavy atom. The molecule has 0 aromatic heterocycles. The van der Waals surface area contributed by atoms with Crippen LogP contribution in [0.2, 0.25) is 0 Å². The Labute approximate surface area is 114 Å². The average molecular weight is 268 g/mol. The summed E-state index contributed by atoms with van der Waals surface area (Å²) in [5.74, 6) is -0.904. The molecule has 0 aromatic rings. The molecule has 0 bridgehead atoms. The lowest BCUT2D eigenvalue weighted by molar-refractivity contribution is -0.154. The molecule has 5 nitrogen and oxygen atoms in total. The number of piperidine rings is 2. The quantitative estimate of drug-likeness (QED) is 0.790. The molecule has 1 amide bonds. The first-order chi connectivity index (χ1) is 8.93. The van der Waals surface area contributed by atoms with Crippen molar-refractivity contribution in [2.24, 2.45) is 5.41 Å². The number of amides is 1. The van der Waals surface area contributed by atoms with Crippen molar-refractivity contribution in [2.75, 3.05) is 13.1 Å². The molecule has 0 aliphatic carbocycles. The first kappa shape index (κ1) is 14.3. The first-order valence-electron chi connectivity index (χ1n) is 7.20. The number of hydrogen-bond donors (Lipinski definition) is 2. The molecular weight excluding hydrogens is 244 g/mol. The van der Waals surface area contributed by atoms with Crippen LogP contribution < -0.4 is 5.32 Å². The van der Waals surface area contributed by atoms with Gasteiger partial charge in [0.25, 0.3) is 0 Å². The second-order valence-corrected chi connectivity index (χ2v) is 6.36. The van der Waals surface area contributed by atoms with Gasteiger partial charge in [0.2, 0.25) is 5.91 Å². The standard InChI is InChI=1S/C14H24N2O3/c1-14(2)7-5-8-15-11(14)12(17)16-9-4-3-6-10(16)13(18)19/h10-11,15H,3-9H2,1-2H3,(H,18,19)/t10-,11?/m1/s1. The third kappa shape index (κ3) is 2.91. The maximum absolute atomic E-state index is 12.7. The smallest absolute Gasteiger partial charge is 0.326 e. The SMILES string of the molecule is CC1(C)CCCNC1C(=O)N1CCCC[C@@H]1C(=O)O. The van der Waals surface area contributed by atoms with E-state index in [4.69, 9.17) is 0 Å². The lowest BCUT2D eigenvalue weighted by Crippen LogP contribution is -2.60. The van der Waals surface area contributed by atoms with Gasteiger partial charge in [-0.3, -0.25) is 4.79 Å². The number of nitrogens with zero attached hydrogens (tertiary/aromatic N) is 1. The van der Waals surface area contributed by atoms with Gasteiger partial charge < -0.3 is 15.3 Å². The summed E-state index contributed by atoms with van der Waals surface area (Å²) in [4.78, 5) is 25.6. The number of likely N-dealkylation sites (tertiary alicyclic amines) is 1. The number of carboxylic acid groups (broad SMARTS) is 1. The molecule has 2 rings (SSSR count). The molecule has 0 saturated carbocycles. The topological polar surface area (TPSA) is 69.6 Å². The van der Waals surface area contributed by atoms with Crippen molar-refractivity contribution in [3.63, 3.8) is 0 Å². The van der Waals surface area contributed by atoms with E-state index in [1.165, 1.54) is 0 Å². The van der Waals surface area contributed by atoms with Crippen LogP contribution in [0, 0.1) is 5.41 Å². The Bertz CT molecular complexity index is 368. The largest absolute Gasteiger partial charge is 0.480 e. The average Bonchev–Trinajstić information content (AvgIpc) is 2.37. The van der Waals surface area contributed by atoms with Crippen LogP contribution in [-0.4, -0.2) is 47.1 Å². The highest BCUT2D eigenvalue weighted by Crippen LogP contribution is 2.32. The molecular formula is C14H24N2O3. The lowest BCUT2D eigenvalue weighted by Gasteiger charge is -2.43. The highest BCUT2D eigenvalue weighted by molar-refractivity contribution is 5.88. The number of nitrogens with one attached hydrogen (secondary N) is 1. The zero-order chi connectivity index (χ0) is 14.0. The minimum Gasteiger partial charge on any atom is -0.480 e. The van der Waals surface area contributed by atoms with Gasteiger partial charge in [-0.1, -0.05) is 13.8 Å². The molecule has 2 heterocycles. The third-order valence-corrected chi connectivity index (χ3v) is 4.45. The van der Waals surface area contributed by atoms with Gasteiger partial charge in [-0.15, -0.1) is 0 Å². The summed E-state index contributed by atoms with van der Waals surface area (Å²) in [6.07, 6.45) is 4.44. The molecule has 0 aromatic carbocycles. The molecule has 2 aliphatic heterocycles. The van der Waals surface area contributed by atoms with Crippen LogP contribution >= 0.6 is 0 Å². The predicted molar refractivity (Wildman–Crippen MR) is 71.8 cm³/mol. The summed E-state index contributed by atoms with van der Waals surface area (Å²) in [5, 5.41) is 12.6. The van der Waals surface area contributed by atoms with E-state index < -0.39 is 12.0 Å². The maximum atomic E-state index is 12.7. The Hall–Kier alpha value is -1.10. The van der Waals surface area contributed by atoms with Crippen molar-refractivity contribution in [1.82, 2.24) is 10.2 Å². The fourth-order valence-corrected chi connectivity index (χ4v) is 3.25. The van der Waals surface area contributed by atoms with Crippen molar-refractivity contribution in [3.05, 3.63) is 0 Å². The highest BCUT2D eigenvalue weighted by atomic mass is 16.4. The van der Waals surface area contributed by atoms with E-state index in [1.54, 1.807) is 4.90 Å². The summed E-state index contributed by atoms with van der Waals surface area (Å²) >= 11 is 0. The van der Waals surface area contributed by atoms with Crippen LogP contribution in [-0.2, 0) is 9.59 Å². The van der Waals surface area contributed by atoms with Gasteiger partial charge >= 0.3 is 5.97 Å². The van der Waals surface area contributed by atoms with E-state index in [2.05, 4.69) is 19.2 Å². The van der Waals surface area contributed by atoms with E-state index in [9.17, 15) is 14.7 Å². The molecule has 2 atom stereocenters. The number of carboxylic acids is 1. The van der Waals surface area contributed by atoms with Gasteiger partial charge in [0.05, 0.1) is 6.04 Å². The lowest BCUT2D eigenvalue weighted by atomic mass is 9.76. The van der Waals surface area contributed by atoms with Crippen molar-refractivity contribution >= 4 is 11.9 Å². The van der Waals surface area contributed by atoms with Gasteiger partial charge in [-0.2, -0.15) is 0 Å². The highest BCUT2D eigenvalue weighted by Gasteiger charge is 2.42. The van der Waals surface area contributed by atoms with Gasteiger partial charge in [0, 0.05) is 6.54 Å². The summed E-state index contributed by atoms with van der Waals surface area (Å²) in [6.45, 7) is 5.58. The van der Waals surface area contributed by atoms with Crippen LogP contribution in [0.5, 0.6) is 0 Å². The second-order valence-electron chi connectivity index (χ2n) is 6.36. The summed E-state index contributed by atoms with van der Waals surface area (Å²) < 4.78 is 0. The molecule has 0 spiro atoms.